The van der Waals surface area contributed by atoms with Gasteiger partial charge in [0.2, 0.25) is 11.7 Å². The summed E-state index contributed by atoms with van der Waals surface area (Å²) in [5.74, 6) is -0.921. The number of piperazine rings is 1. The average Bonchev–Trinajstić information content (AvgIpc) is 3.37. The zero-order chi connectivity index (χ0) is 24.2. The van der Waals surface area contributed by atoms with E-state index >= 15 is 0 Å². The molecule has 0 atom stereocenters. The van der Waals surface area contributed by atoms with Gasteiger partial charge in [0.1, 0.15) is 12.4 Å². The Morgan fingerprint density at radius 1 is 0.914 bits per heavy atom. The summed E-state index contributed by atoms with van der Waals surface area (Å²) in [6.07, 6.45) is 0. The highest BCUT2D eigenvalue weighted by Gasteiger charge is 2.31. The summed E-state index contributed by atoms with van der Waals surface area (Å²) in [4.78, 5) is 29.0. The topological polar surface area (TPSA) is 66.7 Å². The lowest BCUT2D eigenvalue weighted by Gasteiger charge is -2.33. The molecule has 2 amide bonds. The van der Waals surface area contributed by atoms with Crippen LogP contribution in [0.5, 0.6) is 0 Å². The minimum atomic E-state index is -0.363. The SMILES string of the molecule is O=C1CN(C(=O)c2cc(C(c3ccccc3)c3ccccc3)no2)CCN1Cc1ccc(F)cc1. The lowest BCUT2D eigenvalue weighted by Crippen LogP contribution is -2.51. The second-order valence-electron chi connectivity index (χ2n) is 8.54. The number of halogens is 1. The van der Waals surface area contributed by atoms with Crippen LogP contribution < -0.4 is 0 Å². The number of hydrogen-bond donors (Lipinski definition) is 0. The van der Waals surface area contributed by atoms with E-state index in [1.165, 1.54) is 17.0 Å². The Balaban J connectivity index is 1.31. The van der Waals surface area contributed by atoms with E-state index in [9.17, 15) is 14.0 Å². The molecule has 5 rings (SSSR count). The van der Waals surface area contributed by atoms with Crippen LogP contribution in [0.15, 0.2) is 95.5 Å². The summed E-state index contributed by atoms with van der Waals surface area (Å²) >= 11 is 0. The maximum absolute atomic E-state index is 13.1. The van der Waals surface area contributed by atoms with Gasteiger partial charge in [-0.1, -0.05) is 78.0 Å². The number of carbonyl (C=O) groups excluding carboxylic acids is 2. The predicted octanol–water partition coefficient (Wildman–Crippen LogP) is 4.48. The third-order valence-electron chi connectivity index (χ3n) is 6.19. The van der Waals surface area contributed by atoms with Gasteiger partial charge in [-0.3, -0.25) is 9.59 Å². The van der Waals surface area contributed by atoms with Crippen molar-refractivity contribution in [3.05, 3.63) is 125 Å². The zero-order valence-electron chi connectivity index (χ0n) is 19.0. The molecule has 0 spiro atoms. The number of nitrogens with zero attached hydrogens (tertiary/aromatic N) is 3. The van der Waals surface area contributed by atoms with Crippen molar-refractivity contribution in [2.45, 2.75) is 12.5 Å². The van der Waals surface area contributed by atoms with Gasteiger partial charge in [0.05, 0.1) is 11.6 Å². The summed E-state index contributed by atoms with van der Waals surface area (Å²) in [6.45, 7) is 1.10. The van der Waals surface area contributed by atoms with E-state index in [0.29, 0.717) is 25.3 Å². The average molecular weight is 470 g/mol. The zero-order valence-corrected chi connectivity index (χ0v) is 19.0. The number of hydrogen-bond acceptors (Lipinski definition) is 4. The molecule has 176 valence electrons. The fraction of sp³-hybridized carbons (Fsp3) is 0.179. The largest absolute Gasteiger partial charge is 0.351 e. The van der Waals surface area contributed by atoms with Gasteiger partial charge in [0.15, 0.2) is 0 Å². The first-order valence-electron chi connectivity index (χ1n) is 11.5. The van der Waals surface area contributed by atoms with Gasteiger partial charge >= 0.3 is 0 Å². The van der Waals surface area contributed by atoms with Crippen molar-refractivity contribution in [3.63, 3.8) is 0 Å². The Kier molecular flexibility index (Phi) is 6.39. The van der Waals surface area contributed by atoms with E-state index in [-0.39, 0.29) is 35.9 Å². The van der Waals surface area contributed by atoms with Crippen molar-refractivity contribution in [1.82, 2.24) is 15.0 Å². The number of aromatic nitrogens is 1. The second-order valence-corrected chi connectivity index (χ2v) is 8.54. The summed E-state index contributed by atoms with van der Waals surface area (Å²) in [7, 11) is 0. The second kappa shape index (κ2) is 9.93. The first-order valence-corrected chi connectivity index (χ1v) is 11.5. The molecule has 1 aliphatic heterocycles. The number of rotatable bonds is 6. The van der Waals surface area contributed by atoms with Crippen LogP contribution in [-0.2, 0) is 11.3 Å². The third-order valence-corrected chi connectivity index (χ3v) is 6.19. The smallest absolute Gasteiger partial charge is 0.293 e. The molecule has 0 N–H and O–H groups in total. The quantitative estimate of drug-likeness (QED) is 0.418. The Bertz CT molecular complexity index is 1270. The number of amides is 2. The van der Waals surface area contributed by atoms with Crippen molar-refractivity contribution in [2.75, 3.05) is 19.6 Å². The molecular formula is C28H24FN3O3. The third kappa shape index (κ3) is 4.99. The van der Waals surface area contributed by atoms with Crippen molar-refractivity contribution in [1.29, 1.82) is 0 Å². The van der Waals surface area contributed by atoms with Crippen LogP contribution >= 0.6 is 0 Å². The molecule has 1 saturated heterocycles. The van der Waals surface area contributed by atoms with Crippen LogP contribution in [0.3, 0.4) is 0 Å². The minimum absolute atomic E-state index is 0.0448. The molecule has 7 heteroatoms. The lowest BCUT2D eigenvalue weighted by atomic mass is 9.88. The van der Waals surface area contributed by atoms with E-state index in [4.69, 9.17) is 4.52 Å². The highest BCUT2D eigenvalue weighted by atomic mass is 19.1. The van der Waals surface area contributed by atoms with E-state index in [1.54, 1.807) is 23.1 Å². The van der Waals surface area contributed by atoms with Gasteiger partial charge < -0.3 is 14.3 Å². The Morgan fingerprint density at radius 3 is 2.14 bits per heavy atom. The molecule has 0 radical (unpaired) electrons. The lowest BCUT2D eigenvalue weighted by molar-refractivity contribution is -0.135. The fourth-order valence-corrected chi connectivity index (χ4v) is 4.37. The molecule has 0 saturated carbocycles. The molecule has 1 aliphatic rings. The Labute approximate surface area is 202 Å². The highest BCUT2D eigenvalue weighted by Crippen LogP contribution is 2.31. The molecule has 35 heavy (non-hydrogen) atoms. The van der Waals surface area contributed by atoms with Crippen LogP contribution in [0.2, 0.25) is 0 Å². The normalized spacial score (nSPS) is 13.9. The molecule has 1 aromatic heterocycles. The molecule has 0 aliphatic carbocycles. The van der Waals surface area contributed by atoms with Crippen LogP contribution in [0.1, 0.15) is 38.9 Å². The van der Waals surface area contributed by atoms with Crippen molar-refractivity contribution in [2.24, 2.45) is 0 Å². The molecular weight excluding hydrogens is 445 g/mol. The van der Waals surface area contributed by atoms with E-state index in [0.717, 1.165) is 16.7 Å². The van der Waals surface area contributed by atoms with Crippen molar-refractivity contribution in [3.8, 4) is 0 Å². The fourth-order valence-electron chi connectivity index (χ4n) is 4.37. The van der Waals surface area contributed by atoms with Crippen LogP contribution in [0.25, 0.3) is 0 Å². The van der Waals surface area contributed by atoms with Crippen LogP contribution in [0, 0.1) is 5.82 Å². The van der Waals surface area contributed by atoms with Gasteiger partial charge in [-0.25, -0.2) is 4.39 Å². The molecule has 6 nitrogen and oxygen atoms in total. The van der Waals surface area contributed by atoms with E-state index in [1.807, 2.05) is 60.7 Å². The summed E-state index contributed by atoms with van der Waals surface area (Å²) in [5, 5.41) is 4.23. The van der Waals surface area contributed by atoms with Gasteiger partial charge in [0.25, 0.3) is 5.91 Å². The van der Waals surface area contributed by atoms with Gasteiger partial charge in [-0.05, 0) is 28.8 Å². The predicted molar refractivity (Wildman–Crippen MR) is 128 cm³/mol. The van der Waals surface area contributed by atoms with E-state index in [2.05, 4.69) is 5.16 Å². The monoisotopic (exact) mass is 469 g/mol. The van der Waals surface area contributed by atoms with E-state index < -0.39 is 0 Å². The van der Waals surface area contributed by atoms with Crippen molar-refractivity contribution < 1.29 is 18.5 Å². The molecule has 4 aromatic rings. The molecule has 0 bridgehead atoms. The standard InChI is InChI=1S/C28H24FN3O3/c29-23-13-11-20(12-14-23)18-31-15-16-32(19-26(31)33)28(34)25-17-24(30-35-25)27(21-7-3-1-4-8-21)22-9-5-2-6-10-22/h1-14,17,27H,15-16,18-19H2. The van der Waals surface area contributed by atoms with Crippen molar-refractivity contribution >= 4 is 11.8 Å². The molecule has 0 unspecified atom stereocenters. The summed E-state index contributed by atoms with van der Waals surface area (Å²) in [5.41, 5.74) is 3.55. The highest BCUT2D eigenvalue weighted by molar-refractivity contribution is 5.95. The van der Waals surface area contributed by atoms with Gasteiger partial charge in [-0.15, -0.1) is 0 Å². The maximum atomic E-state index is 13.1. The summed E-state index contributed by atoms with van der Waals surface area (Å²) < 4.78 is 18.6. The van der Waals surface area contributed by atoms with Crippen LogP contribution in [0.4, 0.5) is 4.39 Å². The van der Waals surface area contributed by atoms with Gasteiger partial charge in [-0.2, -0.15) is 0 Å². The first kappa shape index (κ1) is 22.5. The molecule has 2 heterocycles. The minimum Gasteiger partial charge on any atom is -0.351 e. The maximum Gasteiger partial charge on any atom is 0.293 e. The number of carbonyl (C=O) groups is 2. The van der Waals surface area contributed by atoms with Gasteiger partial charge in [0, 0.05) is 25.7 Å². The Morgan fingerprint density at radius 2 is 1.54 bits per heavy atom. The molecule has 1 fully saturated rings. The number of benzene rings is 3. The van der Waals surface area contributed by atoms with Crippen LogP contribution in [-0.4, -0.2) is 46.4 Å². The summed E-state index contributed by atoms with van der Waals surface area (Å²) in [6, 6.07) is 27.6. The first-order chi connectivity index (χ1) is 17.1. The Hall–Kier alpha value is -4.26. The molecule has 3 aromatic carbocycles.